The first-order valence-corrected chi connectivity index (χ1v) is 10.5. The van der Waals surface area contributed by atoms with Crippen LogP contribution in [0.15, 0.2) is 51.8 Å². The van der Waals surface area contributed by atoms with E-state index in [1.54, 1.807) is 31.2 Å². The summed E-state index contributed by atoms with van der Waals surface area (Å²) >= 11 is 6.02. The summed E-state index contributed by atoms with van der Waals surface area (Å²) in [7, 11) is 0.648. The van der Waals surface area contributed by atoms with Crippen LogP contribution in [0.5, 0.6) is 11.5 Å². The second kappa shape index (κ2) is 8.44. The number of sulfonamides is 1. The number of hydrogen-bond acceptors (Lipinski definition) is 6. The van der Waals surface area contributed by atoms with Gasteiger partial charge in [-0.15, -0.1) is 0 Å². The molecule has 0 spiro atoms. The van der Waals surface area contributed by atoms with Crippen LogP contribution in [0.1, 0.15) is 11.5 Å². The number of hydrogen-bond donors (Lipinski definition) is 0. The molecule has 0 fully saturated rings. The minimum absolute atomic E-state index is 0.0482. The molecule has 3 aromatic rings. The van der Waals surface area contributed by atoms with E-state index in [2.05, 4.69) is 4.98 Å². The van der Waals surface area contributed by atoms with Crippen LogP contribution in [-0.4, -0.2) is 39.0 Å². The maximum Gasteiger partial charge on any atom is 0.243 e. The SMILES string of the molecule is COc1ccc(S(=O)(=O)N(C)Cc2nc(-c3cccc(Cl)c3)oc2C)cc1OC. The van der Waals surface area contributed by atoms with Gasteiger partial charge in [0.05, 0.1) is 31.4 Å². The van der Waals surface area contributed by atoms with E-state index in [-0.39, 0.29) is 11.4 Å². The first-order chi connectivity index (χ1) is 13.8. The zero-order valence-electron chi connectivity index (χ0n) is 16.5. The standard InChI is InChI=1S/C20H21ClN2O5S/c1-13-17(22-20(28-13)14-6-5-7-15(21)10-14)12-23(2)29(24,25)16-8-9-18(26-3)19(11-16)27-4/h5-11H,12H2,1-4H3. The van der Waals surface area contributed by atoms with Crippen LogP contribution in [0.2, 0.25) is 5.02 Å². The van der Waals surface area contributed by atoms with Crippen LogP contribution in [0.4, 0.5) is 0 Å². The monoisotopic (exact) mass is 436 g/mol. The number of methoxy groups -OCH3 is 2. The normalized spacial score (nSPS) is 11.7. The van der Waals surface area contributed by atoms with E-state index in [0.717, 1.165) is 5.56 Å². The smallest absolute Gasteiger partial charge is 0.243 e. The van der Waals surface area contributed by atoms with Gasteiger partial charge >= 0.3 is 0 Å². The Kier molecular flexibility index (Phi) is 6.16. The quantitative estimate of drug-likeness (QED) is 0.553. The number of benzene rings is 2. The van der Waals surface area contributed by atoms with Crippen LogP contribution in [0.3, 0.4) is 0 Å². The maximum atomic E-state index is 13.0. The molecule has 0 aliphatic rings. The molecule has 2 aromatic carbocycles. The summed E-state index contributed by atoms with van der Waals surface area (Å²) in [5.74, 6) is 1.71. The number of nitrogens with zero attached hydrogens (tertiary/aromatic N) is 2. The van der Waals surface area contributed by atoms with E-state index in [1.807, 2.05) is 6.07 Å². The van der Waals surface area contributed by atoms with Gasteiger partial charge in [0.25, 0.3) is 0 Å². The van der Waals surface area contributed by atoms with Crippen molar-refractivity contribution >= 4 is 21.6 Å². The summed E-state index contributed by atoms with van der Waals surface area (Å²) in [4.78, 5) is 4.54. The number of aryl methyl sites for hydroxylation is 1. The van der Waals surface area contributed by atoms with Crippen molar-refractivity contribution in [3.63, 3.8) is 0 Å². The molecule has 0 saturated carbocycles. The summed E-state index contributed by atoms with van der Waals surface area (Å²) in [6.07, 6.45) is 0. The summed E-state index contributed by atoms with van der Waals surface area (Å²) in [6.45, 7) is 1.79. The molecule has 7 nitrogen and oxygen atoms in total. The molecular formula is C20H21ClN2O5S. The highest BCUT2D eigenvalue weighted by atomic mass is 35.5. The minimum Gasteiger partial charge on any atom is -0.493 e. The number of rotatable bonds is 7. The van der Waals surface area contributed by atoms with Gasteiger partial charge in [-0.25, -0.2) is 13.4 Å². The van der Waals surface area contributed by atoms with E-state index in [1.165, 1.54) is 37.7 Å². The Hall–Kier alpha value is -2.55. The zero-order chi connectivity index (χ0) is 21.2. The lowest BCUT2D eigenvalue weighted by Crippen LogP contribution is -2.27. The Balaban J connectivity index is 1.87. The van der Waals surface area contributed by atoms with Gasteiger partial charge in [0, 0.05) is 23.7 Å². The van der Waals surface area contributed by atoms with Crippen molar-refractivity contribution in [2.75, 3.05) is 21.3 Å². The predicted molar refractivity (Wildman–Crippen MR) is 110 cm³/mol. The number of ether oxygens (including phenoxy) is 2. The fourth-order valence-electron chi connectivity index (χ4n) is 2.77. The Morgan fingerprint density at radius 3 is 2.48 bits per heavy atom. The first kappa shape index (κ1) is 21.2. The van der Waals surface area contributed by atoms with Gasteiger partial charge in [0.15, 0.2) is 11.5 Å². The molecule has 29 heavy (non-hydrogen) atoms. The molecule has 0 aliphatic carbocycles. The lowest BCUT2D eigenvalue weighted by Gasteiger charge is -2.17. The van der Waals surface area contributed by atoms with E-state index >= 15 is 0 Å². The van der Waals surface area contributed by atoms with Gasteiger partial charge in [-0.3, -0.25) is 0 Å². The summed E-state index contributed by atoms with van der Waals surface area (Å²) in [6, 6.07) is 11.6. The molecule has 0 amide bonds. The fraction of sp³-hybridized carbons (Fsp3) is 0.250. The average molecular weight is 437 g/mol. The first-order valence-electron chi connectivity index (χ1n) is 8.67. The van der Waals surface area contributed by atoms with Crippen molar-refractivity contribution in [1.29, 1.82) is 0 Å². The van der Waals surface area contributed by atoms with Gasteiger partial charge < -0.3 is 13.9 Å². The van der Waals surface area contributed by atoms with E-state index in [4.69, 9.17) is 25.5 Å². The highest BCUT2D eigenvalue weighted by molar-refractivity contribution is 7.89. The van der Waals surface area contributed by atoms with Crippen molar-refractivity contribution in [1.82, 2.24) is 9.29 Å². The van der Waals surface area contributed by atoms with Gasteiger partial charge in [-0.1, -0.05) is 17.7 Å². The van der Waals surface area contributed by atoms with E-state index in [0.29, 0.717) is 33.9 Å². The largest absolute Gasteiger partial charge is 0.493 e. The third-order valence-corrected chi connectivity index (χ3v) is 6.43. The van der Waals surface area contributed by atoms with Crippen LogP contribution >= 0.6 is 11.6 Å². The molecule has 0 aliphatic heterocycles. The fourth-order valence-corrected chi connectivity index (χ4v) is 4.11. The molecular weight excluding hydrogens is 416 g/mol. The molecule has 0 atom stereocenters. The number of aromatic nitrogens is 1. The number of oxazole rings is 1. The predicted octanol–water partition coefficient (Wildman–Crippen LogP) is 4.14. The summed E-state index contributed by atoms with van der Waals surface area (Å²) in [5.41, 5.74) is 1.24. The van der Waals surface area contributed by atoms with Crippen molar-refractivity contribution in [3.05, 3.63) is 58.9 Å². The molecule has 0 N–H and O–H groups in total. The topological polar surface area (TPSA) is 81.9 Å². The zero-order valence-corrected chi connectivity index (χ0v) is 18.0. The summed E-state index contributed by atoms with van der Waals surface area (Å²) < 4.78 is 43.3. The second-order valence-electron chi connectivity index (χ2n) is 6.31. The molecule has 0 saturated heterocycles. The van der Waals surface area contributed by atoms with Crippen LogP contribution < -0.4 is 9.47 Å². The van der Waals surface area contributed by atoms with E-state index in [9.17, 15) is 8.42 Å². The van der Waals surface area contributed by atoms with E-state index < -0.39 is 10.0 Å². The third-order valence-electron chi connectivity index (χ3n) is 4.40. The molecule has 3 rings (SSSR count). The Bertz CT molecular complexity index is 1130. The molecule has 0 radical (unpaired) electrons. The van der Waals surface area contributed by atoms with Crippen molar-refractivity contribution < 1.29 is 22.3 Å². The van der Waals surface area contributed by atoms with Crippen molar-refractivity contribution in [2.45, 2.75) is 18.4 Å². The maximum absolute atomic E-state index is 13.0. The van der Waals surface area contributed by atoms with Gasteiger partial charge in [-0.2, -0.15) is 4.31 Å². The Morgan fingerprint density at radius 2 is 1.83 bits per heavy atom. The molecule has 1 heterocycles. The number of halogens is 1. The van der Waals surface area contributed by atoms with Gasteiger partial charge in [0.2, 0.25) is 15.9 Å². The summed E-state index contributed by atoms with van der Waals surface area (Å²) in [5, 5.41) is 0.563. The minimum atomic E-state index is -3.78. The van der Waals surface area contributed by atoms with Gasteiger partial charge in [-0.05, 0) is 37.3 Å². The van der Waals surface area contributed by atoms with Crippen molar-refractivity contribution in [3.8, 4) is 23.0 Å². The molecule has 0 unspecified atom stereocenters. The molecule has 9 heteroatoms. The average Bonchev–Trinajstić information content (AvgIpc) is 3.07. The molecule has 1 aromatic heterocycles. The molecule has 154 valence electrons. The van der Waals surface area contributed by atoms with Crippen LogP contribution in [-0.2, 0) is 16.6 Å². The molecule has 0 bridgehead atoms. The van der Waals surface area contributed by atoms with Gasteiger partial charge in [0.1, 0.15) is 5.76 Å². The van der Waals surface area contributed by atoms with Crippen molar-refractivity contribution in [2.24, 2.45) is 0 Å². The highest BCUT2D eigenvalue weighted by Crippen LogP contribution is 2.31. The van der Waals surface area contributed by atoms with Crippen LogP contribution in [0, 0.1) is 6.92 Å². The Morgan fingerprint density at radius 1 is 1.10 bits per heavy atom. The lowest BCUT2D eigenvalue weighted by molar-refractivity contribution is 0.353. The lowest BCUT2D eigenvalue weighted by atomic mass is 10.2. The van der Waals surface area contributed by atoms with Crippen LogP contribution in [0.25, 0.3) is 11.5 Å². The second-order valence-corrected chi connectivity index (χ2v) is 8.79. The Labute approximate surface area is 174 Å². The third kappa shape index (κ3) is 4.39. The highest BCUT2D eigenvalue weighted by Gasteiger charge is 2.25.